The molecule has 0 aromatic heterocycles. The molecule has 60 valence electrons. The van der Waals surface area contributed by atoms with Crippen LogP contribution in [0.4, 0.5) is 0 Å². The second-order valence-corrected chi connectivity index (χ2v) is 4.04. The molecule has 0 saturated carbocycles. The molecule has 0 saturated heterocycles. The Morgan fingerprint density at radius 3 is 2.30 bits per heavy atom. The van der Waals surface area contributed by atoms with Gasteiger partial charge in [0, 0.05) is 5.54 Å². The topological polar surface area (TPSA) is 29.1 Å². The van der Waals surface area contributed by atoms with E-state index in [4.69, 9.17) is 0 Å². The molecule has 2 nitrogen and oxygen atoms in total. The van der Waals surface area contributed by atoms with Crippen molar-refractivity contribution < 1.29 is 4.79 Å². The van der Waals surface area contributed by atoms with Crippen LogP contribution in [0.1, 0.15) is 20.8 Å². The van der Waals surface area contributed by atoms with Gasteiger partial charge in [0.1, 0.15) is 0 Å². The van der Waals surface area contributed by atoms with Crippen molar-refractivity contribution >= 4 is 16.9 Å². The van der Waals surface area contributed by atoms with Crippen LogP contribution in [0.2, 0.25) is 0 Å². The van der Waals surface area contributed by atoms with Gasteiger partial charge in [0.05, 0.1) is 6.54 Å². The first-order valence-corrected chi connectivity index (χ1v) is 4.50. The molecule has 1 N–H and O–H groups in total. The molecule has 0 aromatic carbocycles. The molecule has 0 aliphatic rings. The van der Waals surface area contributed by atoms with E-state index < -0.39 is 0 Å². The summed E-state index contributed by atoms with van der Waals surface area (Å²) in [6, 6.07) is 0. The molecular weight excluding hydrogens is 146 g/mol. The highest BCUT2D eigenvalue weighted by Crippen LogP contribution is 1.99. The molecule has 0 amide bonds. The molecule has 0 bridgehead atoms. The summed E-state index contributed by atoms with van der Waals surface area (Å²) in [5.74, 6) is 0. The number of thioether (sulfide) groups is 1. The van der Waals surface area contributed by atoms with Gasteiger partial charge in [-0.1, -0.05) is 11.8 Å². The third-order valence-electron chi connectivity index (χ3n) is 0.991. The van der Waals surface area contributed by atoms with E-state index in [-0.39, 0.29) is 10.7 Å². The number of hydrogen-bond acceptors (Lipinski definition) is 3. The normalized spacial score (nSPS) is 11.6. The standard InChI is InChI=1S/C7H15NOS/c1-7(2,3)8-5-6(9)10-4/h8H,5H2,1-4H3. The third kappa shape index (κ3) is 6.11. The molecule has 0 radical (unpaired) electrons. The highest BCUT2D eigenvalue weighted by atomic mass is 32.2. The Morgan fingerprint density at radius 2 is 2.00 bits per heavy atom. The van der Waals surface area contributed by atoms with Crippen molar-refractivity contribution in [1.29, 1.82) is 0 Å². The smallest absolute Gasteiger partial charge is 0.202 e. The second-order valence-electron chi connectivity index (χ2n) is 3.18. The maximum Gasteiger partial charge on any atom is 0.202 e. The van der Waals surface area contributed by atoms with Crippen molar-refractivity contribution in [3.63, 3.8) is 0 Å². The van der Waals surface area contributed by atoms with Gasteiger partial charge in [-0.15, -0.1) is 0 Å². The summed E-state index contributed by atoms with van der Waals surface area (Å²) >= 11 is 1.26. The van der Waals surface area contributed by atoms with Gasteiger partial charge in [0.15, 0.2) is 0 Å². The van der Waals surface area contributed by atoms with Crippen molar-refractivity contribution in [2.45, 2.75) is 26.3 Å². The van der Waals surface area contributed by atoms with Crippen LogP contribution in [-0.4, -0.2) is 23.5 Å². The molecule has 0 aliphatic heterocycles. The highest BCUT2D eigenvalue weighted by molar-refractivity contribution is 8.13. The molecule has 0 rings (SSSR count). The number of nitrogens with one attached hydrogen (secondary N) is 1. The predicted molar refractivity (Wildman–Crippen MR) is 46.3 cm³/mol. The Balaban J connectivity index is 3.46. The largest absolute Gasteiger partial charge is 0.305 e. The van der Waals surface area contributed by atoms with E-state index in [1.54, 1.807) is 6.26 Å². The fourth-order valence-corrected chi connectivity index (χ4v) is 0.626. The van der Waals surface area contributed by atoms with Crippen LogP contribution in [0.5, 0.6) is 0 Å². The summed E-state index contributed by atoms with van der Waals surface area (Å²) in [7, 11) is 0. The van der Waals surface area contributed by atoms with E-state index in [0.29, 0.717) is 6.54 Å². The molecule has 0 unspecified atom stereocenters. The Hall–Kier alpha value is -0.0200. The van der Waals surface area contributed by atoms with Crippen LogP contribution in [-0.2, 0) is 4.79 Å². The minimum Gasteiger partial charge on any atom is -0.305 e. The van der Waals surface area contributed by atoms with Crippen LogP contribution in [0, 0.1) is 0 Å². The first-order valence-electron chi connectivity index (χ1n) is 3.27. The van der Waals surface area contributed by atoms with Crippen molar-refractivity contribution in [3.8, 4) is 0 Å². The van der Waals surface area contributed by atoms with Gasteiger partial charge in [-0.25, -0.2) is 0 Å². The maximum absolute atomic E-state index is 10.8. The van der Waals surface area contributed by atoms with Gasteiger partial charge in [0.25, 0.3) is 0 Å². The molecule has 0 fully saturated rings. The first kappa shape index (κ1) is 9.98. The van der Waals surface area contributed by atoms with E-state index in [9.17, 15) is 4.79 Å². The zero-order chi connectivity index (χ0) is 8.20. The Bertz CT molecular complexity index is 117. The van der Waals surface area contributed by atoms with Crippen LogP contribution in [0.3, 0.4) is 0 Å². The summed E-state index contributed by atoms with van der Waals surface area (Å²) in [4.78, 5) is 10.8. The average molecular weight is 161 g/mol. The molecule has 0 heterocycles. The number of carbonyl (C=O) groups is 1. The Morgan fingerprint density at radius 1 is 1.50 bits per heavy atom. The van der Waals surface area contributed by atoms with E-state index in [2.05, 4.69) is 5.32 Å². The summed E-state index contributed by atoms with van der Waals surface area (Å²) < 4.78 is 0. The maximum atomic E-state index is 10.8. The zero-order valence-electron chi connectivity index (χ0n) is 7.02. The third-order valence-corrected chi connectivity index (χ3v) is 1.59. The number of carbonyl (C=O) groups excluding carboxylic acids is 1. The molecule has 0 aliphatic carbocycles. The van der Waals surface area contributed by atoms with Gasteiger partial charge in [-0.2, -0.15) is 0 Å². The lowest BCUT2D eigenvalue weighted by atomic mass is 10.1. The SMILES string of the molecule is CSC(=O)CNC(C)(C)C. The fourth-order valence-electron chi connectivity index (χ4n) is 0.410. The lowest BCUT2D eigenvalue weighted by Gasteiger charge is -2.19. The van der Waals surface area contributed by atoms with E-state index >= 15 is 0 Å². The summed E-state index contributed by atoms with van der Waals surface area (Å²) in [5.41, 5.74) is 0.0470. The lowest BCUT2D eigenvalue weighted by Crippen LogP contribution is -2.38. The minimum absolute atomic E-state index is 0.0470. The van der Waals surface area contributed by atoms with Gasteiger partial charge < -0.3 is 5.32 Å². The number of rotatable bonds is 2. The van der Waals surface area contributed by atoms with Gasteiger partial charge >= 0.3 is 0 Å². The summed E-state index contributed by atoms with van der Waals surface area (Å²) in [6.45, 7) is 6.59. The lowest BCUT2D eigenvalue weighted by molar-refractivity contribution is -0.110. The Labute approximate surface area is 66.8 Å². The first-order chi connectivity index (χ1) is 4.45. The van der Waals surface area contributed by atoms with Crippen LogP contribution >= 0.6 is 11.8 Å². The van der Waals surface area contributed by atoms with Gasteiger partial charge in [0.2, 0.25) is 5.12 Å². The highest BCUT2D eigenvalue weighted by Gasteiger charge is 2.09. The minimum atomic E-state index is 0.0470. The molecule has 3 heteroatoms. The van der Waals surface area contributed by atoms with Crippen molar-refractivity contribution in [2.75, 3.05) is 12.8 Å². The molecule has 0 spiro atoms. The second kappa shape index (κ2) is 3.98. The summed E-state index contributed by atoms with van der Waals surface area (Å²) in [5, 5.41) is 3.29. The van der Waals surface area contributed by atoms with Crippen LogP contribution in [0.15, 0.2) is 0 Å². The van der Waals surface area contributed by atoms with E-state index in [1.165, 1.54) is 11.8 Å². The van der Waals surface area contributed by atoms with Crippen molar-refractivity contribution in [1.82, 2.24) is 5.32 Å². The molecule has 10 heavy (non-hydrogen) atoms. The monoisotopic (exact) mass is 161 g/mol. The fraction of sp³-hybridized carbons (Fsp3) is 0.857. The number of hydrogen-bond donors (Lipinski definition) is 1. The van der Waals surface area contributed by atoms with Gasteiger partial charge in [-0.3, -0.25) is 4.79 Å². The quantitative estimate of drug-likeness (QED) is 0.661. The zero-order valence-corrected chi connectivity index (χ0v) is 7.84. The van der Waals surface area contributed by atoms with Crippen LogP contribution < -0.4 is 5.32 Å². The van der Waals surface area contributed by atoms with E-state index in [0.717, 1.165) is 0 Å². The average Bonchev–Trinajstić information content (AvgIpc) is 1.81. The van der Waals surface area contributed by atoms with Crippen molar-refractivity contribution in [2.24, 2.45) is 0 Å². The molecule has 0 aromatic rings. The van der Waals surface area contributed by atoms with Crippen molar-refractivity contribution in [3.05, 3.63) is 0 Å². The van der Waals surface area contributed by atoms with Gasteiger partial charge in [-0.05, 0) is 27.0 Å². The Kier molecular flexibility index (Phi) is 3.98. The molecular formula is C7H15NOS. The van der Waals surface area contributed by atoms with Crippen LogP contribution in [0.25, 0.3) is 0 Å². The van der Waals surface area contributed by atoms with E-state index in [1.807, 2.05) is 20.8 Å². The summed E-state index contributed by atoms with van der Waals surface area (Å²) in [6.07, 6.45) is 1.80. The molecule has 0 atom stereocenters. The predicted octanol–water partition coefficient (Wildman–Crippen LogP) is 1.26.